The van der Waals surface area contributed by atoms with Crippen LogP contribution in [0, 0.1) is 0 Å². The van der Waals surface area contributed by atoms with Gasteiger partial charge in [-0.05, 0) is 23.8 Å². The first-order valence-electron chi connectivity index (χ1n) is 6.53. The first-order valence-corrected chi connectivity index (χ1v) is 7.32. The van der Waals surface area contributed by atoms with E-state index in [0.29, 0.717) is 0 Å². The lowest BCUT2D eigenvalue weighted by Crippen LogP contribution is -2.24. The highest BCUT2D eigenvalue weighted by molar-refractivity contribution is 9.10. The number of benzene rings is 2. The van der Waals surface area contributed by atoms with Crippen molar-refractivity contribution in [2.45, 2.75) is 18.6 Å². The summed E-state index contributed by atoms with van der Waals surface area (Å²) in [5.41, 5.74) is 8.44. The molecule has 1 aliphatic heterocycles. The van der Waals surface area contributed by atoms with Crippen LogP contribution in [0.15, 0.2) is 46.9 Å². The molecule has 1 heterocycles. The average Bonchev–Trinajstić information content (AvgIpc) is 2.46. The van der Waals surface area contributed by atoms with Crippen molar-refractivity contribution in [2.24, 2.45) is 5.73 Å². The van der Waals surface area contributed by atoms with E-state index in [1.165, 1.54) is 0 Å². The number of hydrogen-bond donors (Lipinski definition) is 1. The Morgan fingerprint density at radius 1 is 1.25 bits per heavy atom. The van der Waals surface area contributed by atoms with Gasteiger partial charge in [0.25, 0.3) is 0 Å². The van der Waals surface area contributed by atoms with E-state index in [2.05, 4.69) is 28.1 Å². The first-order chi connectivity index (χ1) is 9.67. The normalized spacial score (nSPS) is 20.9. The minimum absolute atomic E-state index is 0.0198. The van der Waals surface area contributed by atoms with Crippen LogP contribution in [0.3, 0.4) is 0 Å². The Balaban J connectivity index is 1.95. The second-order valence-electron chi connectivity index (χ2n) is 4.91. The van der Waals surface area contributed by atoms with Gasteiger partial charge in [0.1, 0.15) is 17.6 Å². The van der Waals surface area contributed by atoms with Crippen LogP contribution in [-0.2, 0) is 0 Å². The van der Waals surface area contributed by atoms with Gasteiger partial charge in [-0.2, -0.15) is 0 Å². The van der Waals surface area contributed by atoms with Crippen LogP contribution in [0.5, 0.6) is 11.5 Å². The van der Waals surface area contributed by atoms with Crippen LogP contribution in [0.4, 0.5) is 0 Å². The van der Waals surface area contributed by atoms with Gasteiger partial charge in [0, 0.05) is 28.6 Å². The Hall–Kier alpha value is -1.52. The Labute approximate surface area is 126 Å². The maximum Gasteiger partial charge on any atom is 0.128 e. The minimum Gasteiger partial charge on any atom is -0.497 e. The van der Waals surface area contributed by atoms with Gasteiger partial charge in [-0.1, -0.05) is 34.1 Å². The quantitative estimate of drug-likeness (QED) is 0.903. The highest BCUT2D eigenvalue weighted by atomic mass is 79.9. The summed E-state index contributed by atoms with van der Waals surface area (Å²) in [5.74, 6) is 1.60. The van der Waals surface area contributed by atoms with E-state index >= 15 is 0 Å². The molecule has 0 spiro atoms. The van der Waals surface area contributed by atoms with E-state index in [1.54, 1.807) is 7.11 Å². The second-order valence-corrected chi connectivity index (χ2v) is 5.82. The van der Waals surface area contributed by atoms with Crippen molar-refractivity contribution in [1.82, 2.24) is 0 Å². The molecule has 0 aromatic heterocycles. The number of hydrogen-bond acceptors (Lipinski definition) is 3. The van der Waals surface area contributed by atoms with Crippen molar-refractivity contribution in [3.8, 4) is 11.5 Å². The van der Waals surface area contributed by atoms with Crippen molar-refractivity contribution >= 4 is 15.9 Å². The van der Waals surface area contributed by atoms with E-state index in [0.717, 1.165) is 33.5 Å². The maximum absolute atomic E-state index is 6.27. The SMILES string of the molecule is COc1ccc2c(c1)OC(c1cccc(Br)c1)C[C@H]2N. The van der Waals surface area contributed by atoms with Gasteiger partial charge in [0.15, 0.2) is 0 Å². The molecule has 0 saturated heterocycles. The fourth-order valence-corrected chi connectivity index (χ4v) is 2.94. The summed E-state index contributed by atoms with van der Waals surface area (Å²) in [4.78, 5) is 0. The van der Waals surface area contributed by atoms with Gasteiger partial charge in [-0.15, -0.1) is 0 Å². The first kappa shape index (κ1) is 13.5. The van der Waals surface area contributed by atoms with Gasteiger partial charge in [0.2, 0.25) is 0 Å². The van der Waals surface area contributed by atoms with E-state index in [-0.39, 0.29) is 12.1 Å². The molecule has 1 aliphatic rings. The zero-order valence-corrected chi connectivity index (χ0v) is 12.8. The van der Waals surface area contributed by atoms with Crippen molar-refractivity contribution in [1.29, 1.82) is 0 Å². The molecular weight excluding hydrogens is 318 g/mol. The zero-order valence-electron chi connectivity index (χ0n) is 11.2. The molecule has 1 unspecified atom stereocenters. The van der Waals surface area contributed by atoms with Crippen LogP contribution in [0.1, 0.15) is 29.7 Å². The zero-order chi connectivity index (χ0) is 14.1. The van der Waals surface area contributed by atoms with Gasteiger partial charge in [0.05, 0.1) is 7.11 Å². The molecule has 104 valence electrons. The molecular formula is C16H16BrNO2. The predicted octanol–water partition coefficient (Wildman–Crippen LogP) is 3.98. The van der Waals surface area contributed by atoms with Crippen LogP contribution in [0.25, 0.3) is 0 Å². The van der Waals surface area contributed by atoms with Gasteiger partial charge < -0.3 is 15.2 Å². The van der Waals surface area contributed by atoms with E-state index in [9.17, 15) is 0 Å². The highest BCUT2D eigenvalue weighted by Gasteiger charge is 2.27. The fraction of sp³-hybridized carbons (Fsp3) is 0.250. The van der Waals surface area contributed by atoms with Crippen molar-refractivity contribution < 1.29 is 9.47 Å². The largest absolute Gasteiger partial charge is 0.497 e. The molecule has 0 amide bonds. The van der Waals surface area contributed by atoms with Crippen LogP contribution >= 0.6 is 15.9 Å². The molecule has 2 aromatic carbocycles. The topological polar surface area (TPSA) is 44.5 Å². The molecule has 2 aromatic rings. The van der Waals surface area contributed by atoms with Crippen molar-refractivity contribution in [3.05, 3.63) is 58.1 Å². The maximum atomic E-state index is 6.27. The number of fused-ring (bicyclic) bond motifs is 1. The van der Waals surface area contributed by atoms with E-state index < -0.39 is 0 Å². The number of ether oxygens (including phenoxy) is 2. The molecule has 20 heavy (non-hydrogen) atoms. The third-order valence-corrected chi connectivity index (χ3v) is 4.07. The lowest BCUT2D eigenvalue weighted by Gasteiger charge is -2.31. The van der Waals surface area contributed by atoms with Gasteiger partial charge in [-0.3, -0.25) is 0 Å². The van der Waals surface area contributed by atoms with Crippen molar-refractivity contribution in [2.75, 3.05) is 7.11 Å². The van der Waals surface area contributed by atoms with Crippen molar-refractivity contribution in [3.63, 3.8) is 0 Å². The molecule has 0 aliphatic carbocycles. The molecule has 3 rings (SSSR count). The summed E-state index contributed by atoms with van der Waals surface area (Å²) in [5, 5.41) is 0. The number of rotatable bonds is 2. The highest BCUT2D eigenvalue weighted by Crippen LogP contribution is 2.41. The third-order valence-electron chi connectivity index (χ3n) is 3.58. The summed E-state index contributed by atoms with van der Waals surface area (Å²) in [6.07, 6.45) is 0.748. The molecule has 0 radical (unpaired) electrons. The lowest BCUT2D eigenvalue weighted by atomic mass is 9.93. The fourth-order valence-electron chi connectivity index (χ4n) is 2.52. The van der Waals surface area contributed by atoms with Crippen LogP contribution < -0.4 is 15.2 Å². The third kappa shape index (κ3) is 2.53. The summed E-state index contributed by atoms with van der Waals surface area (Å²) in [6.45, 7) is 0. The van der Waals surface area contributed by atoms with E-state index in [1.807, 2.05) is 30.3 Å². The molecule has 4 heteroatoms. The molecule has 2 atom stereocenters. The number of halogens is 1. The van der Waals surface area contributed by atoms with Crippen LogP contribution in [-0.4, -0.2) is 7.11 Å². The average molecular weight is 334 g/mol. The molecule has 0 fully saturated rings. The summed E-state index contributed by atoms with van der Waals surface area (Å²) in [7, 11) is 1.65. The number of nitrogens with two attached hydrogens (primary N) is 1. The van der Waals surface area contributed by atoms with Crippen LogP contribution in [0.2, 0.25) is 0 Å². The monoisotopic (exact) mass is 333 g/mol. The Morgan fingerprint density at radius 2 is 2.10 bits per heavy atom. The van der Waals surface area contributed by atoms with Gasteiger partial charge in [-0.25, -0.2) is 0 Å². The second kappa shape index (κ2) is 5.46. The summed E-state index contributed by atoms with van der Waals surface area (Å²) in [6, 6.07) is 13.9. The molecule has 2 N–H and O–H groups in total. The Kier molecular flexibility index (Phi) is 3.68. The Bertz CT molecular complexity index is 630. The standard InChI is InChI=1S/C16H16BrNO2/c1-19-12-5-6-13-14(18)9-15(20-16(13)8-12)10-3-2-4-11(17)7-10/h2-8,14-15H,9,18H2,1H3/t14-,15?/m1/s1. The van der Waals surface area contributed by atoms with Gasteiger partial charge >= 0.3 is 0 Å². The smallest absolute Gasteiger partial charge is 0.128 e. The lowest BCUT2D eigenvalue weighted by molar-refractivity contribution is 0.161. The summed E-state index contributed by atoms with van der Waals surface area (Å²) >= 11 is 3.49. The van der Waals surface area contributed by atoms with E-state index in [4.69, 9.17) is 15.2 Å². The number of methoxy groups -OCH3 is 1. The molecule has 0 bridgehead atoms. The minimum atomic E-state index is -0.0258. The molecule has 3 nitrogen and oxygen atoms in total. The Morgan fingerprint density at radius 3 is 2.85 bits per heavy atom. The molecule has 0 saturated carbocycles. The summed E-state index contributed by atoms with van der Waals surface area (Å²) < 4.78 is 12.4. The predicted molar refractivity (Wildman–Crippen MR) is 82.1 cm³/mol.